The minimum Gasteiger partial charge on any atom is -0.458 e. The van der Waals surface area contributed by atoms with Gasteiger partial charge in [0, 0.05) is 6.08 Å². The molecule has 0 aromatic heterocycles. The lowest BCUT2D eigenvalue weighted by atomic mass is 10.2. The average molecular weight is 282 g/mol. The molecule has 0 aliphatic rings. The van der Waals surface area contributed by atoms with Gasteiger partial charge < -0.3 is 9.47 Å². The van der Waals surface area contributed by atoms with Crippen LogP contribution < -0.4 is 0 Å². The molecule has 0 radical (unpaired) electrons. The zero-order valence-corrected chi connectivity index (χ0v) is 11.8. The molecule has 0 unspecified atom stereocenters. The first kappa shape index (κ1) is 15.0. The van der Waals surface area contributed by atoms with Crippen LogP contribution in [0.4, 0.5) is 0 Å². The van der Waals surface area contributed by atoms with E-state index in [1.54, 1.807) is 6.08 Å². The van der Waals surface area contributed by atoms with Gasteiger partial charge in [0.2, 0.25) is 0 Å². The summed E-state index contributed by atoms with van der Waals surface area (Å²) in [5, 5.41) is 0. The van der Waals surface area contributed by atoms with Gasteiger partial charge in [0.1, 0.15) is 6.61 Å². The molecule has 0 amide bonds. The van der Waals surface area contributed by atoms with Crippen molar-refractivity contribution in [1.82, 2.24) is 0 Å². The van der Waals surface area contributed by atoms with Gasteiger partial charge in [-0.15, -0.1) is 0 Å². The lowest BCUT2D eigenvalue weighted by Gasteiger charge is -2.02. The molecular formula is C18H18O3. The Morgan fingerprint density at radius 3 is 2.05 bits per heavy atom. The van der Waals surface area contributed by atoms with Crippen LogP contribution >= 0.6 is 0 Å². The van der Waals surface area contributed by atoms with Crippen molar-refractivity contribution in [2.45, 2.75) is 13.2 Å². The second-order valence-corrected chi connectivity index (χ2v) is 4.50. The van der Waals surface area contributed by atoms with Crippen LogP contribution in [0.15, 0.2) is 72.8 Å². The van der Waals surface area contributed by atoms with Crippen molar-refractivity contribution in [3.8, 4) is 0 Å². The maximum atomic E-state index is 11.5. The molecule has 0 bridgehead atoms. The highest BCUT2D eigenvalue weighted by molar-refractivity contribution is 5.81. The summed E-state index contributed by atoms with van der Waals surface area (Å²) in [5.41, 5.74) is 2.08. The minimum atomic E-state index is -0.359. The Labute approximate surface area is 124 Å². The van der Waals surface area contributed by atoms with Gasteiger partial charge in [0.15, 0.2) is 0 Å². The maximum absolute atomic E-state index is 11.5. The zero-order chi connectivity index (χ0) is 14.8. The molecule has 0 aliphatic carbocycles. The molecule has 0 aliphatic heterocycles. The summed E-state index contributed by atoms with van der Waals surface area (Å²) >= 11 is 0. The van der Waals surface area contributed by atoms with E-state index in [1.807, 2.05) is 60.7 Å². The standard InChI is InChI=1S/C18H18O3/c19-18(21-15-17-10-5-2-6-11-17)12-7-13-20-14-16-8-3-1-4-9-16/h1-12H,13-15H2/b12-7+. The van der Waals surface area contributed by atoms with Crippen molar-refractivity contribution < 1.29 is 14.3 Å². The molecule has 0 saturated heterocycles. The second kappa shape index (κ2) is 8.72. The SMILES string of the molecule is O=C(/C=C/COCc1ccccc1)OCc1ccccc1. The fourth-order valence-electron chi connectivity index (χ4n) is 1.74. The van der Waals surface area contributed by atoms with Gasteiger partial charge in [-0.1, -0.05) is 66.7 Å². The van der Waals surface area contributed by atoms with Gasteiger partial charge in [-0.05, 0) is 11.1 Å². The summed E-state index contributed by atoms with van der Waals surface area (Å²) in [5.74, 6) is -0.359. The molecule has 2 aromatic rings. The van der Waals surface area contributed by atoms with Crippen molar-refractivity contribution in [2.24, 2.45) is 0 Å². The van der Waals surface area contributed by atoms with Crippen molar-refractivity contribution in [3.63, 3.8) is 0 Å². The van der Waals surface area contributed by atoms with Gasteiger partial charge in [-0.25, -0.2) is 4.79 Å². The lowest BCUT2D eigenvalue weighted by molar-refractivity contribution is -0.139. The molecule has 0 atom stereocenters. The predicted octanol–water partition coefficient (Wildman–Crippen LogP) is 3.50. The van der Waals surface area contributed by atoms with Crippen LogP contribution in [0.2, 0.25) is 0 Å². The average Bonchev–Trinajstić information content (AvgIpc) is 2.54. The fraction of sp³-hybridized carbons (Fsp3) is 0.167. The highest BCUT2D eigenvalue weighted by atomic mass is 16.5. The number of benzene rings is 2. The third-order valence-electron chi connectivity index (χ3n) is 2.80. The Morgan fingerprint density at radius 1 is 0.857 bits per heavy atom. The number of ether oxygens (including phenoxy) is 2. The van der Waals surface area contributed by atoms with Crippen molar-refractivity contribution in [2.75, 3.05) is 6.61 Å². The molecule has 0 spiro atoms. The van der Waals surface area contributed by atoms with E-state index >= 15 is 0 Å². The third-order valence-corrected chi connectivity index (χ3v) is 2.80. The predicted molar refractivity (Wildman–Crippen MR) is 81.5 cm³/mol. The van der Waals surface area contributed by atoms with Crippen LogP contribution in [0.5, 0.6) is 0 Å². The first-order valence-electron chi connectivity index (χ1n) is 6.83. The molecule has 2 aromatic carbocycles. The molecule has 21 heavy (non-hydrogen) atoms. The van der Waals surface area contributed by atoms with Gasteiger partial charge in [0.25, 0.3) is 0 Å². The van der Waals surface area contributed by atoms with Crippen molar-refractivity contribution >= 4 is 5.97 Å². The molecular weight excluding hydrogens is 264 g/mol. The molecule has 0 fully saturated rings. The molecule has 2 rings (SSSR count). The number of hydrogen-bond donors (Lipinski definition) is 0. The highest BCUT2D eigenvalue weighted by Crippen LogP contribution is 2.02. The second-order valence-electron chi connectivity index (χ2n) is 4.50. The van der Waals surface area contributed by atoms with E-state index in [-0.39, 0.29) is 12.6 Å². The zero-order valence-electron chi connectivity index (χ0n) is 11.8. The number of carbonyl (C=O) groups excluding carboxylic acids is 1. The Hall–Kier alpha value is -2.39. The largest absolute Gasteiger partial charge is 0.458 e. The van der Waals surface area contributed by atoms with Crippen LogP contribution in [-0.2, 0) is 27.5 Å². The Morgan fingerprint density at radius 2 is 1.43 bits per heavy atom. The van der Waals surface area contributed by atoms with Crippen LogP contribution in [0.1, 0.15) is 11.1 Å². The van der Waals surface area contributed by atoms with E-state index in [1.165, 1.54) is 6.08 Å². The van der Waals surface area contributed by atoms with Gasteiger partial charge >= 0.3 is 5.97 Å². The smallest absolute Gasteiger partial charge is 0.330 e. The van der Waals surface area contributed by atoms with Gasteiger partial charge in [-0.3, -0.25) is 0 Å². The Kier molecular flexibility index (Phi) is 6.23. The monoisotopic (exact) mass is 282 g/mol. The van der Waals surface area contributed by atoms with Crippen LogP contribution in [0.3, 0.4) is 0 Å². The van der Waals surface area contributed by atoms with Crippen molar-refractivity contribution in [3.05, 3.63) is 83.9 Å². The van der Waals surface area contributed by atoms with Crippen molar-refractivity contribution in [1.29, 1.82) is 0 Å². The first-order chi connectivity index (χ1) is 10.3. The van der Waals surface area contributed by atoms with E-state index in [0.717, 1.165) is 11.1 Å². The fourth-order valence-corrected chi connectivity index (χ4v) is 1.74. The van der Waals surface area contributed by atoms with Gasteiger partial charge in [-0.2, -0.15) is 0 Å². The highest BCUT2D eigenvalue weighted by Gasteiger charge is 1.97. The molecule has 3 nitrogen and oxygen atoms in total. The summed E-state index contributed by atoms with van der Waals surface area (Å²) in [4.78, 5) is 11.5. The lowest BCUT2D eigenvalue weighted by Crippen LogP contribution is -2.01. The Bertz CT molecular complexity index is 562. The molecule has 108 valence electrons. The van der Waals surface area contributed by atoms with E-state index in [2.05, 4.69) is 0 Å². The molecule has 0 N–H and O–H groups in total. The van der Waals surface area contributed by atoms with E-state index in [9.17, 15) is 4.79 Å². The van der Waals surface area contributed by atoms with Crippen LogP contribution in [0.25, 0.3) is 0 Å². The van der Waals surface area contributed by atoms with Crippen LogP contribution in [0, 0.1) is 0 Å². The van der Waals surface area contributed by atoms with Crippen LogP contribution in [-0.4, -0.2) is 12.6 Å². The minimum absolute atomic E-state index is 0.287. The normalized spacial score (nSPS) is 10.7. The maximum Gasteiger partial charge on any atom is 0.330 e. The summed E-state index contributed by atoms with van der Waals surface area (Å²) in [6.45, 7) is 1.20. The molecule has 0 saturated carbocycles. The third kappa shape index (κ3) is 6.06. The topological polar surface area (TPSA) is 35.5 Å². The van der Waals surface area contributed by atoms with E-state index in [4.69, 9.17) is 9.47 Å². The Balaban J connectivity index is 1.61. The first-order valence-corrected chi connectivity index (χ1v) is 6.83. The molecule has 3 heteroatoms. The summed E-state index contributed by atoms with van der Waals surface area (Å²) in [7, 11) is 0. The number of carbonyl (C=O) groups is 1. The summed E-state index contributed by atoms with van der Waals surface area (Å²) in [6, 6.07) is 19.5. The number of rotatable bonds is 7. The van der Waals surface area contributed by atoms with Gasteiger partial charge in [0.05, 0.1) is 13.2 Å². The number of esters is 1. The van der Waals surface area contributed by atoms with E-state index < -0.39 is 0 Å². The summed E-state index contributed by atoms with van der Waals surface area (Å²) in [6.07, 6.45) is 3.06. The summed E-state index contributed by atoms with van der Waals surface area (Å²) < 4.78 is 10.5. The van der Waals surface area contributed by atoms with E-state index in [0.29, 0.717) is 13.2 Å². The number of hydrogen-bond acceptors (Lipinski definition) is 3. The molecule has 0 heterocycles. The quantitative estimate of drug-likeness (QED) is 0.443.